The van der Waals surface area contributed by atoms with E-state index < -0.39 is 38.8 Å². The first-order chi connectivity index (χ1) is 18.5. The normalized spacial score (nSPS) is 10.3. The van der Waals surface area contributed by atoms with Gasteiger partial charge in [0.1, 0.15) is 6.07 Å². The number of hydrogen-bond acceptors (Lipinski definition) is 7. The van der Waals surface area contributed by atoms with Gasteiger partial charge in [-0.1, -0.05) is 23.7 Å². The lowest BCUT2D eigenvalue weighted by atomic mass is 10.1. The highest BCUT2D eigenvalue weighted by Crippen LogP contribution is 2.24. The number of pyridine rings is 2. The molecule has 0 radical (unpaired) electrons. The van der Waals surface area contributed by atoms with Gasteiger partial charge in [0.15, 0.2) is 23.3 Å². The second-order valence-electron chi connectivity index (χ2n) is 7.84. The van der Waals surface area contributed by atoms with E-state index in [0.717, 1.165) is 24.3 Å². The van der Waals surface area contributed by atoms with Gasteiger partial charge in [0, 0.05) is 24.5 Å². The molecule has 9 nitrogen and oxygen atoms in total. The summed E-state index contributed by atoms with van der Waals surface area (Å²) >= 11 is 5.58. The van der Waals surface area contributed by atoms with Crippen LogP contribution in [-0.2, 0) is 12.8 Å². The van der Waals surface area contributed by atoms with Crippen molar-refractivity contribution in [3.8, 4) is 6.07 Å². The molecular weight excluding hydrogens is 546 g/mol. The van der Waals surface area contributed by atoms with Gasteiger partial charge in [-0.25, -0.2) is 27.5 Å². The Labute approximate surface area is 222 Å². The predicted molar refractivity (Wildman–Crippen MR) is 130 cm³/mol. The molecule has 0 saturated carbocycles. The Kier molecular flexibility index (Phi) is 9.19. The van der Waals surface area contributed by atoms with Gasteiger partial charge in [0.25, 0.3) is 0 Å². The number of hydrogen-bond donors (Lipinski definition) is 0. The summed E-state index contributed by atoms with van der Waals surface area (Å²) in [5.41, 5.74) is 0.837. The van der Waals surface area contributed by atoms with Crippen LogP contribution < -0.4 is 0 Å². The van der Waals surface area contributed by atoms with Gasteiger partial charge < -0.3 is 0 Å². The number of nitriles is 1. The maximum atomic E-state index is 13.1. The molecule has 0 unspecified atom stereocenters. The standard InChI is InChI=1S/C13H7F2N3O2.C12H7ClF2N2O2/c14-10-2-1-8(4-11(10)15)3-9-5-13(18(19)20)12(6-16)17-7-9;13-12-11(17(18)19)5-8(6-16-12)3-7-1-2-9(14)10(15)4-7/h1-2,4-5,7H,3H2;1-2,4-6H,3H2. The third-order valence-electron chi connectivity index (χ3n) is 5.09. The molecule has 14 heteroatoms. The summed E-state index contributed by atoms with van der Waals surface area (Å²) in [7, 11) is 0. The SMILES string of the molecule is N#Cc1ncc(Cc2ccc(F)c(F)c2)cc1[N+](=O)[O-].O=[N+]([O-])c1cc(Cc2ccc(F)c(F)c2)cnc1Cl. The summed E-state index contributed by atoms with van der Waals surface area (Å²) in [6, 6.07) is 10.9. The fourth-order valence-corrected chi connectivity index (χ4v) is 3.46. The lowest BCUT2D eigenvalue weighted by molar-refractivity contribution is -0.385. The highest BCUT2D eigenvalue weighted by Gasteiger charge is 2.17. The molecular formula is C25H14ClF4N5O4. The Hall–Kier alpha value is -4.96. The maximum Gasteiger partial charge on any atom is 0.306 e. The van der Waals surface area contributed by atoms with E-state index in [9.17, 15) is 37.8 Å². The van der Waals surface area contributed by atoms with Crippen molar-refractivity contribution in [2.45, 2.75) is 12.8 Å². The Balaban J connectivity index is 0.000000216. The maximum absolute atomic E-state index is 13.1. The molecule has 39 heavy (non-hydrogen) atoms. The Morgan fingerprint density at radius 3 is 1.62 bits per heavy atom. The van der Waals surface area contributed by atoms with Crippen molar-refractivity contribution in [1.29, 1.82) is 5.26 Å². The van der Waals surface area contributed by atoms with Gasteiger partial charge in [0.05, 0.1) is 9.85 Å². The zero-order valence-electron chi connectivity index (χ0n) is 19.4. The number of aromatic nitrogens is 2. The van der Waals surface area contributed by atoms with Crippen LogP contribution in [-0.4, -0.2) is 19.8 Å². The lowest BCUT2D eigenvalue weighted by Crippen LogP contribution is -1.99. The Bertz CT molecular complexity index is 1610. The largest absolute Gasteiger partial charge is 0.306 e. The second kappa shape index (κ2) is 12.5. The molecule has 0 amide bonds. The van der Waals surface area contributed by atoms with Crippen molar-refractivity contribution in [1.82, 2.24) is 9.97 Å². The van der Waals surface area contributed by atoms with Crippen LogP contribution in [0.1, 0.15) is 27.9 Å². The molecule has 0 fully saturated rings. The van der Waals surface area contributed by atoms with E-state index in [1.165, 1.54) is 36.7 Å². The topological polar surface area (TPSA) is 136 Å². The zero-order valence-corrected chi connectivity index (χ0v) is 20.2. The van der Waals surface area contributed by atoms with E-state index in [2.05, 4.69) is 9.97 Å². The van der Waals surface area contributed by atoms with Gasteiger partial charge in [-0.05, 0) is 59.4 Å². The van der Waals surface area contributed by atoms with Gasteiger partial charge in [-0.3, -0.25) is 20.2 Å². The van der Waals surface area contributed by atoms with E-state index in [1.807, 2.05) is 0 Å². The molecule has 198 valence electrons. The summed E-state index contributed by atoms with van der Waals surface area (Å²) in [6.45, 7) is 0. The second-order valence-corrected chi connectivity index (χ2v) is 8.20. The monoisotopic (exact) mass is 559 g/mol. The van der Waals surface area contributed by atoms with Crippen molar-refractivity contribution in [2.24, 2.45) is 0 Å². The van der Waals surface area contributed by atoms with Crippen LogP contribution in [0.5, 0.6) is 0 Å². The van der Waals surface area contributed by atoms with Crippen LogP contribution in [0.4, 0.5) is 28.9 Å². The fraction of sp³-hybridized carbons (Fsp3) is 0.0800. The molecule has 0 aliphatic carbocycles. The van der Waals surface area contributed by atoms with E-state index in [-0.39, 0.29) is 29.4 Å². The molecule has 2 aromatic carbocycles. The highest BCUT2D eigenvalue weighted by atomic mass is 35.5. The van der Waals surface area contributed by atoms with Crippen molar-refractivity contribution < 1.29 is 27.4 Å². The molecule has 0 N–H and O–H groups in total. The number of nitrogens with zero attached hydrogens (tertiary/aromatic N) is 5. The summed E-state index contributed by atoms with van der Waals surface area (Å²) in [6.07, 6.45) is 3.00. The van der Waals surface area contributed by atoms with E-state index in [0.29, 0.717) is 22.3 Å². The quantitative estimate of drug-likeness (QED) is 0.118. The number of halogens is 5. The molecule has 4 rings (SSSR count). The third kappa shape index (κ3) is 7.53. The molecule has 0 saturated heterocycles. The molecule has 2 aromatic heterocycles. The average Bonchev–Trinajstić information content (AvgIpc) is 2.89. The number of benzene rings is 2. The predicted octanol–water partition coefficient (Wildman–Crippen LogP) is 6.24. The number of nitro groups is 2. The minimum Gasteiger partial charge on any atom is -0.258 e. The smallest absolute Gasteiger partial charge is 0.258 e. The zero-order chi connectivity index (χ0) is 28.7. The molecule has 0 spiro atoms. The first-order valence-electron chi connectivity index (χ1n) is 10.7. The van der Waals surface area contributed by atoms with Crippen LogP contribution in [0.2, 0.25) is 5.15 Å². The van der Waals surface area contributed by atoms with Gasteiger partial charge in [-0.15, -0.1) is 0 Å². The first-order valence-corrected chi connectivity index (χ1v) is 11.1. The van der Waals surface area contributed by atoms with Crippen molar-refractivity contribution in [3.05, 3.63) is 138 Å². The molecule has 0 bridgehead atoms. The van der Waals surface area contributed by atoms with Crippen molar-refractivity contribution in [2.75, 3.05) is 0 Å². The molecule has 0 aliphatic rings. The van der Waals surface area contributed by atoms with Gasteiger partial charge in [0.2, 0.25) is 10.8 Å². The molecule has 0 aliphatic heterocycles. The van der Waals surface area contributed by atoms with Gasteiger partial charge >= 0.3 is 11.4 Å². The summed E-state index contributed by atoms with van der Waals surface area (Å²) in [5.74, 6) is -3.85. The minimum absolute atomic E-state index is 0.150. The van der Waals surface area contributed by atoms with E-state index >= 15 is 0 Å². The van der Waals surface area contributed by atoms with E-state index in [4.69, 9.17) is 16.9 Å². The highest BCUT2D eigenvalue weighted by molar-refractivity contribution is 6.31. The Morgan fingerprint density at radius 2 is 1.18 bits per heavy atom. The first kappa shape index (κ1) is 28.6. The van der Waals surface area contributed by atoms with E-state index in [1.54, 1.807) is 6.07 Å². The Morgan fingerprint density at radius 1 is 0.718 bits per heavy atom. The average molecular weight is 560 g/mol. The molecule has 2 heterocycles. The molecule has 4 aromatic rings. The third-order valence-corrected chi connectivity index (χ3v) is 5.38. The summed E-state index contributed by atoms with van der Waals surface area (Å²) in [4.78, 5) is 27.5. The summed E-state index contributed by atoms with van der Waals surface area (Å²) < 4.78 is 51.7. The summed E-state index contributed by atoms with van der Waals surface area (Å²) in [5, 5.41) is 30.0. The molecule has 0 atom stereocenters. The minimum atomic E-state index is -0.987. The van der Waals surface area contributed by atoms with Crippen LogP contribution in [0, 0.1) is 54.8 Å². The van der Waals surface area contributed by atoms with Crippen LogP contribution in [0.25, 0.3) is 0 Å². The van der Waals surface area contributed by atoms with Crippen molar-refractivity contribution >= 4 is 23.0 Å². The van der Waals surface area contributed by atoms with Gasteiger partial charge in [-0.2, -0.15) is 5.26 Å². The van der Waals surface area contributed by atoms with Crippen LogP contribution >= 0.6 is 11.6 Å². The fourth-order valence-electron chi connectivity index (χ4n) is 3.29. The lowest BCUT2D eigenvalue weighted by Gasteiger charge is -2.03. The van der Waals surface area contributed by atoms with Crippen LogP contribution in [0.3, 0.4) is 0 Å². The van der Waals surface area contributed by atoms with Crippen LogP contribution in [0.15, 0.2) is 60.9 Å². The van der Waals surface area contributed by atoms with Crippen molar-refractivity contribution in [3.63, 3.8) is 0 Å². The number of rotatable bonds is 6.